The van der Waals surface area contributed by atoms with E-state index in [2.05, 4.69) is 31.1 Å². The Morgan fingerprint density at radius 2 is 2.00 bits per heavy atom. The Balaban J connectivity index is 1.30. The molecule has 3 unspecified atom stereocenters. The minimum atomic E-state index is -0.711. The van der Waals surface area contributed by atoms with Gasteiger partial charge in [-0.15, -0.1) is 5.10 Å². The lowest BCUT2D eigenvalue weighted by Gasteiger charge is -2.35. The molecule has 2 heterocycles. The molecule has 3 N–H and O–H groups in total. The first-order chi connectivity index (χ1) is 17.8. The molecule has 1 aliphatic heterocycles. The highest BCUT2D eigenvalue weighted by molar-refractivity contribution is 5.90. The van der Waals surface area contributed by atoms with Crippen LogP contribution in [-0.2, 0) is 19.9 Å². The van der Waals surface area contributed by atoms with Crippen molar-refractivity contribution in [2.24, 2.45) is 13.0 Å². The number of aromatic nitrogens is 4. The number of aliphatic hydroxyl groups is 1. The number of tetrazole rings is 1. The molecule has 9 nitrogen and oxygen atoms in total. The van der Waals surface area contributed by atoms with Crippen LogP contribution in [0.1, 0.15) is 37.8 Å². The number of rotatable bonds is 9. The molecule has 1 aromatic heterocycles. The van der Waals surface area contributed by atoms with E-state index in [1.807, 2.05) is 44.2 Å². The Morgan fingerprint density at radius 1 is 1.22 bits per heavy atom. The number of anilines is 1. The summed E-state index contributed by atoms with van der Waals surface area (Å²) in [6, 6.07) is 11.6. The number of hydrogen-bond acceptors (Lipinski definition) is 6. The molecular weight excluding hydrogens is 473 g/mol. The highest BCUT2D eigenvalue weighted by atomic mass is 19.1. The van der Waals surface area contributed by atoms with Gasteiger partial charge in [-0.2, -0.15) is 0 Å². The van der Waals surface area contributed by atoms with E-state index in [0.717, 1.165) is 55.5 Å². The van der Waals surface area contributed by atoms with Crippen molar-refractivity contribution in [3.63, 3.8) is 0 Å². The van der Waals surface area contributed by atoms with Crippen LogP contribution in [0.25, 0.3) is 11.4 Å². The number of piperidine rings is 1. The van der Waals surface area contributed by atoms with Gasteiger partial charge in [-0.1, -0.05) is 19.1 Å². The number of halogens is 1. The van der Waals surface area contributed by atoms with Crippen LogP contribution >= 0.6 is 0 Å². The smallest absolute Gasteiger partial charge is 0.319 e. The number of hydrogen-bond donors (Lipinski definition) is 3. The summed E-state index contributed by atoms with van der Waals surface area (Å²) < 4.78 is 14.8. The first kappa shape index (κ1) is 26.7. The van der Waals surface area contributed by atoms with Gasteiger partial charge in [0.25, 0.3) is 0 Å². The first-order valence-corrected chi connectivity index (χ1v) is 12.9. The van der Waals surface area contributed by atoms with Gasteiger partial charge in [0.05, 0.1) is 12.1 Å². The Morgan fingerprint density at radius 3 is 2.70 bits per heavy atom. The molecule has 37 heavy (non-hydrogen) atoms. The van der Waals surface area contributed by atoms with Gasteiger partial charge < -0.3 is 20.6 Å². The monoisotopic (exact) mass is 509 g/mol. The average molecular weight is 510 g/mol. The van der Waals surface area contributed by atoms with Gasteiger partial charge in [0.1, 0.15) is 5.82 Å². The predicted molar refractivity (Wildman–Crippen MR) is 141 cm³/mol. The third-order valence-electron chi connectivity index (χ3n) is 6.96. The molecular formula is C27H36FN7O2. The Kier molecular flexibility index (Phi) is 8.83. The summed E-state index contributed by atoms with van der Waals surface area (Å²) in [6.45, 7) is 6.12. The summed E-state index contributed by atoms with van der Waals surface area (Å²) in [5.74, 6) is 0.854. The number of aryl methyl sites for hydroxylation is 2. The average Bonchev–Trinajstić information content (AvgIpc) is 3.31. The van der Waals surface area contributed by atoms with Crippen molar-refractivity contribution < 1.29 is 14.3 Å². The highest BCUT2D eigenvalue weighted by Crippen LogP contribution is 2.24. The second-order valence-electron chi connectivity index (χ2n) is 9.95. The van der Waals surface area contributed by atoms with Crippen molar-refractivity contribution in [1.29, 1.82) is 0 Å². The van der Waals surface area contributed by atoms with E-state index >= 15 is 0 Å². The van der Waals surface area contributed by atoms with Gasteiger partial charge in [-0.05, 0) is 97.0 Å². The Labute approximate surface area is 217 Å². The van der Waals surface area contributed by atoms with E-state index in [9.17, 15) is 14.3 Å². The zero-order valence-electron chi connectivity index (χ0n) is 21.7. The fourth-order valence-corrected chi connectivity index (χ4v) is 4.90. The number of carbonyl (C=O) groups is 1. The van der Waals surface area contributed by atoms with Crippen molar-refractivity contribution in [1.82, 2.24) is 30.4 Å². The summed E-state index contributed by atoms with van der Waals surface area (Å²) >= 11 is 0. The molecule has 1 saturated heterocycles. The fourth-order valence-electron chi connectivity index (χ4n) is 4.90. The molecule has 0 spiro atoms. The number of carbonyl (C=O) groups excluding carboxylic acids is 1. The summed E-state index contributed by atoms with van der Waals surface area (Å²) in [5.41, 5.74) is 3.63. The standard InChI is InChI=1S/C27H36FN7O2/c1-4-19-13-22(26-31-32-33-34(26)3)15-24(14-19)30-27(37)29-18(2)25(36)17-35-11-5-6-21(16-35)12-20-7-9-23(28)10-8-20/h7-10,13-15,18,21,25,36H,4-6,11-12,16-17H2,1-3H3,(H2,29,30,37). The number of amides is 2. The van der Waals surface area contributed by atoms with E-state index in [-0.39, 0.29) is 11.8 Å². The number of nitrogens with one attached hydrogen (secondary N) is 2. The molecule has 1 aliphatic rings. The van der Waals surface area contributed by atoms with Crippen molar-refractivity contribution in [3.05, 3.63) is 59.4 Å². The molecule has 3 aromatic rings. The number of nitrogens with zero attached hydrogens (tertiary/aromatic N) is 5. The topological polar surface area (TPSA) is 108 Å². The van der Waals surface area contributed by atoms with Crippen LogP contribution in [0, 0.1) is 11.7 Å². The Bertz CT molecular complexity index is 1180. The second-order valence-corrected chi connectivity index (χ2v) is 9.95. The third kappa shape index (κ3) is 7.33. The summed E-state index contributed by atoms with van der Waals surface area (Å²) in [4.78, 5) is 15.0. The van der Waals surface area contributed by atoms with E-state index < -0.39 is 12.1 Å². The largest absolute Gasteiger partial charge is 0.390 e. The van der Waals surface area contributed by atoms with E-state index in [1.165, 1.54) is 12.1 Å². The van der Waals surface area contributed by atoms with Crippen LogP contribution in [0.5, 0.6) is 0 Å². The molecule has 198 valence electrons. The summed E-state index contributed by atoms with van der Waals surface area (Å²) in [6.07, 6.45) is 3.15. The van der Waals surface area contributed by atoms with Crippen molar-refractivity contribution in [2.45, 2.75) is 51.7 Å². The maximum Gasteiger partial charge on any atom is 0.319 e. The summed E-state index contributed by atoms with van der Waals surface area (Å²) in [5, 5.41) is 28.2. The van der Waals surface area contributed by atoms with Crippen molar-refractivity contribution in [3.8, 4) is 11.4 Å². The minimum absolute atomic E-state index is 0.219. The number of urea groups is 1. The lowest BCUT2D eigenvalue weighted by Crippen LogP contribution is -2.49. The van der Waals surface area contributed by atoms with E-state index in [0.29, 0.717) is 24.0 Å². The van der Waals surface area contributed by atoms with Gasteiger partial charge >= 0.3 is 6.03 Å². The number of benzene rings is 2. The van der Waals surface area contributed by atoms with Crippen LogP contribution < -0.4 is 10.6 Å². The van der Waals surface area contributed by atoms with Gasteiger partial charge in [0.15, 0.2) is 5.82 Å². The maximum atomic E-state index is 13.2. The normalized spacial score (nSPS) is 17.8. The quantitative estimate of drug-likeness (QED) is 0.408. The van der Waals surface area contributed by atoms with Crippen LogP contribution in [0.15, 0.2) is 42.5 Å². The van der Waals surface area contributed by atoms with E-state index in [1.54, 1.807) is 11.7 Å². The number of aliphatic hydroxyl groups excluding tert-OH is 1. The second kappa shape index (κ2) is 12.2. The van der Waals surface area contributed by atoms with Gasteiger partial charge in [-0.25, -0.2) is 13.9 Å². The molecule has 1 fully saturated rings. The van der Waals surface area contributed by atoms with Crippen molar-refractivity contribution in [2.75, 3.05) is 25.0 Å². The Hall–Kier alpha value is -3.37. The highest BCUT2D eigenvalue weighted by Gasteiger charge is 2.25. The number of β-amino-alcohol motifs (C(OH)–C–C–N with tert-alkyl or cyclic N) is 1. The maximum absolute atomic E-state index is 13.2. The molecule has 0 bridgehead atoms. The van der Waals surface area contributed by atoms with Gasteiger partial charge in [0, 0.05) is 31.4 Å². The minimum Gasteiger partial charge on any atom is -0.390 e. The van der Waals surface area contributed by atoms with Gasteiger partial charge in [0.2, 0.25) is 0 Å². The zero-order chi connectivity index (χ0) is 26.4. The van der Waals surface area contributed by atoms with Crippen molar-refractivity contribution >= 4 is 11.7 Å². The molecule has 4 rings (SSSR count). The lowest BCUT2D eigenvalue weighted by atomic mass is 9.91. The molecule has 10 heteroatoms. The zero-order valence-corrected chi connectivity index (χ0v) is 21.7. The number of likely N-dealkylation sites (tertiary alicyclic amines) is 1. The lowest BCUT2D eigenvalue weighted by molar-refractivity contribution is 0.0662. The SMILES string of the molecule is CCc1cc(NC(=O)NC(C)C(O)CN2CCCC(Cc3ccc(F)cc3)C2)cc(-c2nnnn2C)c1. The van der Waals surface area contributed by atoms with Crippen LogP contribution in [0.2, 0.25) is 0 Å². The molecule has 3 atom stereocenters. The molecule has 0 aliphatic carbocycles. The van der Waals surface area contributed by atoms with Crippen LogP contribution in [0.4, 0.5) is 14.9 Å². The summed E-state index contributed by atoms with van der Waals surface area (Å²) in [7, 11) is 1.77. The first-order valence-electron chi connectivity index (χ1n) is 12.9. The van der Waals surface area contributed by atoms with E-state index in [4.69, 9.17) is 0 Å². The van der Waals surface area contributed by atoms with Crippen LogP contribution in [-0.4, -0.2) is 68.0 Å². The molecule has 0 radical (unpaired) electrons. The molecule has 0 saturated carbocycles. The molecule has 2 aromatic carbocycles. The fraction of sp³-hybridized carbons (Fsp3) is 0.481. The van der Waals surface area contributed by atoms with Crippen LogP contribution in [0.3, 0.4) is 0 Å². The molecule has 2 amide bonds. The predicted octanol–water partition coefficient (Wildman–Crippen LogP) is 3.40. The van der Waals surface area contributed by atoms with Gasteiger partial charge in [-0.3, -0.25) is 0 Å². The third-order valence-corrected chi connectivity index (χ3v) is 6.96.